The molecule has 0 aliphatic rings. The Bertz CT molecular complexity index is 567. The van der Waals surface area contributed by atoms with E-state index in [0.29, 0.717) is 0 Å². The molecule has 20 heavy (non-hydrogen) atoms. The fourth-order valence-electron chi connectivity index (χ4n) is 2.66. The quantitative estimate of drug-likeness (QED) is 0.873. The normalized spacial score (nSPS) is 12.8. The number of rotatable bonds is 6. The molecule has 0 spiro atoms. The van der Waals surface area contributed by atoms with Crippen molar-refractivity contribution in [2.24, 2.45) is 12.8 Å². The first-order valence-corrected chi connectivity index (χ1v) is 7.27. The van der Waals surface area contributed by atoms with Crippen LogP contribution in [0.2, 0.25) is 0 Å². The summed E-state index contributed by atoms with van der Waals surface area (Å²) in [5.41, 5.74) is 9.96. The van der Waals surface area contributed by atoms with E-state index in [1.54, 1.807) is 0 Å². The summed E-state index contributed by atoms with van der Waals surface area (Å²) in [6.07, 6.45) is 6.64. The molecule has 0 aromatic carbocycles. The molecule has 1 unspecified atom stereocenters. The Morgan fingerprint density at radius 1 is 1.35 bits per heavy atom. The van der Waals surface area contributed by atoms with Gasteiger partial charge in [-0.1, -0.05) is 0 Å². The van der Waals surface area contributed by atoms with Crippen LogP contribution in [0.3, 0.4) is 0 Å². The van der Waals surface area contributed by atoms with Crippen molar-refractivity contribution in [1.82, 2.24) is 19.3 Å². The van der Waals surface area contributed by atoms with Crippen molar-refractivity contribution < 1.29 is 0 Å². The number of hydrogen-bond acceptors (Lipinski definition) is 3. The molecule has 0 aliphatic carbocycles. The van der Waals surface area contributed by atoms with E-state index in [1.807, 2.05) is 24.1 Å². The molecule has 0 fully saturated rings. The third kappa shape index (κ3) is 3.10. The monoisotopic (exact) mass is 275 g/mol. The molecule has 0 radical (unpaired) electrons. The summed E-state index contributed by atoms with van der Waals surface area (Å²) < 4.78 is 4.10. The van der Waals surface area contributed by atoms with Crippen molar-refractivity contribution in [3.8, 4) is 0 Å². The molecule has 1 atom stereocenters. The highest BCUT2D eigenvalue weighted by Crippen LogP contribution is 2.15. The summed E-state index contributed by atoms with van der Waals surface area (Å²) in [5, 5.41) is 4.45. The average molecular weight is 275 g/mol. The van der Waals surface area contributed by atoms with Gasteiger partial charge in [-0.2, -0.15) is 5.10 Å². The molecule has 2 rings (SSSR count). The fraction of sp³-hybridized carbons (Fsp3) is 0.600. The standard InChI is InChI=1S/C15H25N5/c1-5-20-9-8-17-15(20)10-13(16)6-7-14-11(2)18-19(4)12(14)3/h8-9,13H,5-7,10,16H2,1-4H3. The maximum absolute atomic E-state index is 6.26. The van der Waals surface area contributed by atoms with Crippen molar-refractivity contribution >= 4 is 0 Å². The van der Waals surface area contributed by atoms with Crippen LogP contribution in [0, 0.1) is 13.8 Å². The van der Waals surface area contributed by atoms with Crippen LogP contribution in [0.1, 0.15) is 36.1 Å². The molecule has 5 heteroatoms. The molecule has 2 aromatic rings. The molecule has 0 aliphatic heterocycles. The highest BCUT2D eigenvalue weighted by atomic mass is 15.3. The summed E-state index contributed by atoms with van der Waals surface area (Å²) in [5.74, 6) is 1.08. The number of imidazole rings is 1. The number of aromatic nitrogens is 4. The molecule has 5 nitrogen and oxygen atoms in total. The maximum Gasteiger partial charge on any atom is 0.110 e. The molecule has 2 heterocycles. The lowest BCUT2D eigenvalue weighted by molar-refractivity contribution is 0.568. The van der Waals surface area contributed by atoms with Crippen molar-refractivity contribution in [1.29, 1.82) is 0 Å². The largest absolute Gasteiger partial charge is 0.335 e. The van der Waals surface area contributed by atoms with Gasteiger partial charge in [-0.15, -0.1) is 0 Å². The highest BCUT2D eigenvalue weighted by Gasteiger charge is 2.13. The topological polar surface area (TPSA) is 61.7 Å². The van der Waals surface area contributed by atoms with Gasteiger partial charge in [0.1, 0.15) is 5.82 Å². The molecular weight excluding hydrogens is 250 g/mol. The van der Waals surface area contributed by atoms with Crippen LogP contribution in [-0.2, 0) is 26.4 Å². The van der Waals surface area contributed by atoms with E-state index in [1.165, 1.54) is 11.3 Å². The van der Waals surface area contributed by atoms with Crippen LogP contribution < -0.4 is 5.73 Å². The Labute approximate surface area is 120 Å². The van der Waals surface area contributed by atoms with E-state index in [0.717, 1.165) is 37.3 Å². The molecule has 2 aromatic heterocycles. The maximum atomic E-state index is 6.26. The van der Waals surface area contributed by atoms with Gasteiger partial charge in [-0.25, -0.2) is 4.98 Å². The number of nitrogens with zero attached hydrogens (tertiary/aromatic N) is 4. The van der Waals surface area contributed by atoms with Gasteiger partial charge in [0.15, 0.2) is 0 Å². The van der Waals surface area contributed by atoms with Gasteiger partial charge in [0.25, 0.3) is 0 Å². The Kier molecular flexibility index (Phi) is 4.60. The Morgan fingerprint density at radius 2 is 2.10 bits per heavy atom. The summed E-state index contributed by atoms with van der Waals surface area (Å²) in [4.78, 5) is 4.39. The molecule has 0 saturated carbocycles. The number of nitrogens with two attached hydrogens (primary N) is 1. The smallest absolute Gasteiger partial charge is 0.110 e. The molecule has 2 N–H and O–H groups in total. The summed E-state index contributed by atoms with van der Waals surface area (Å²) in [6, 6.07) is 0.140. The van der Waals surface area contributed by atoms with E-state index in [-0.39, 0.29) is 6.04 Å². The van der Waals surface area contributed by atoms with Crippen molar-refractivity contribution in [3.63, 3.8) is 0 Å². The predicted molar refractivity (Wildman–Crippen MR) is 80.6 cm³/mol. The van der Waals surface area contributed by atoms with Crippen LogP contribution in [0.15, 0.2) is 12.4 Å². The molecular formula is C15H25N5. The van der Waals surface area contributed by atoms with Crippen LogP contribution in [0.25, 0.3) is 0 Å². The van der Waals surface area contributed by atoms with Gasteiger partial charge in [0.2, 0.25) is 0 Å². The van der Waals surface area contributed by atoms with E-state index < -0.39 is 0 Å². The Hall–Kier alpha value is -1.62. The Balaban J connectivity index is 1.94. The first kappa shape index (κ1) is 14.8. The SMILES string of the molecule is CCn1ccnc1CC(N)CCc1c(C)nn(C)c1C. The second-order valence-electron chi connectivity index (χ2n) is 5.41. The zero-order valence-corrected chi connectivity index (χ0v) is 12.9. The number of aryl methyl sites for hydroxylation is 3. The van der Waals surface area contributed by atoms with E-state index in [2.05, 4.69) is 35.4 Å². The van der Waals surface area contributed by atoms with Gasteiger partial charge in [-0.05, 0) is 39.2 Å². The average Bonchev–Trinajstić information content (AvgIpc) is 2.94. The van der Waals surface area contributed by atoms with E-state index in [9.17, 15) is 0 Å². The van der Waals surface area contributed by atoms with E-state index >= 15 is 0 Å². The second kappa shape index (κ2) is 6.22. The minimum atomic E-state index is 0.140. The minimum absolute atomic E-state index is 0.140. The zero-order chi connectivity index (χ0) is 14.7. The lowest BCUT2D eigenvalue weighted by atomic mass is 10.0. The Morgan fingerprint density at radius 3 is 2.70 bits per heavy atom. The summed E-state index contributed by atoms with van der Waals surface area (Å²) in [6.45, 7) is 7.25. The van der Waals surface area contributed by atoms with Crippen molar-refractivity contribution in [3.05, 3.63) is 35.2 Å². The van der Waals surface area contributed by atoms with Crippen LogP contribution >= 0.6 is 0 Å². The summed E-state index contributed by atoms with van der Waals surface area (Å²) in [7, 11) is 1.99. The van der Waals surface area contributed by atoms with Crippen molar-refractivity contribution in [2.45, 2.75) is 52.6 Å². The second-order valence-corrected chi connectivity index (χ2v) is 5.41. The van der Waals surface area contributed by atoms with Crippen LogP contribution in [0.5, 0.6) is 0 Å². The first-order chi connectivity index (χ1) is 9.52. The fourth-order valence-corrected chi connectivity index (χ4v) is 2.66. The highest BCUT2D eigenvalue weighted by molar-refractivity contribution is 5.24. The van der Waals surface area contributed by atoms with Crippen molar-refractivity contribution in [2.75, 3.05) is 0 Å². The first-order valence-electron chi connectivity index (χ1n) is 7.27. The molecule has 0 bridgehead atoms. The lowest BCUT2D eigenvalue weighted by Gasteiger charge is -2.12. The molecule has 0 amide bonds. The van der Waals surface area contributed by atoms with Gasteiger partial charge in [-0.3, -0.25) is 4.68 Å². The van der Waals surface area contributed by atoms with Gasteiger partial charge in [0, 0.05) is 44.1 Å². The third-order valence-corrected chi connectivity index (χ3v) is 4.01. The predicted octanol–water partition coefficient (Wildman–Crippen LogP) is 1.76. The van der Waals surface area contributed by atoms with Gasteiger partial charge >= 0.3 is 0 Å². The van der Waals surface area contributed by atoms with Gasteiger partial charge < -0.3 is 10.3 Å². The number of hydrogen-bond donors (Lipinski definition) is 1. The van der Waals surface area contributed by atoms with Gasteiger partial charge in [0.05, 0.1) is 5.69 Å². The molecule has 0 saturated heterocycles. The lowest BCUT2D eigenvalue weighted by Crippen LogP contribution is -2.25. The van der Waals surface area contributed by atoms with Crippen LogP contribution in [0.4, 0.5) is 0 Å². The summed E-state index contributed by atoms with van der Waals surface area (Å²) >= 11 is 0. The molecule has 110 valence electrons. The van der Waals surface area contributed by atoms with E-state index in [4.69, 9.17) is 5.73 Å². The van der Waals surface area contributed by atoms with Crippen LogP contribution in [-0.4, -0.2) is 25.4 Å². The third-order valence-electron chi connectivity index (χ3n) is 4.01. The minimum Gasteiger partial charge on any atom is -0.335 e. The zero-order valence-electron chi connectivity index (χ0n) is 12.9.